The molecule has 0 saturated carbocycles. The standard InChI is InChI=1S/C22H23F3N2O5S/c1-33(31)18-7-5-13(10-17(18)22(23,24)25)16(11-15-4-2-3-9-32-15)20(28)27-19-8-6-14(12-26-19)21(29)30/h5-8,10,12,15-16H,2-4,9,11H2,1H3,(H,29,30)(H,26,27,28). The molecule has 0 aliphatic carbocycles. The number of carboxylic acids is 1. The summed E-state index contributed by atoms with van der Waals surface area (Å²) < 4.78 is 58.5. The smallest absolute Gasteiger partial charge is 0.417 e. The summed E-state index contributed by atoms with van der Waals surface area (Å²) >= 11 is 0. The third-order valence-electron chi connectivity index (χ3n) is 5.37. The van der Waals surface area contributed by atoms with Crippen molar-refractivity contribution in [2.24, 2.45) is 0 Å². The van der Waals surface area contributed by atoms with Gasteiger partial charge in [0.1, 0.15) is 5.82 Å². The molecule has 1 aromatic heterocycles. The van der Waals surface area contributed by atoms with Gasteiger partial charge < -0.3 is 15.2 Å². The Kier molecular flexibility index (Phi) is 7.85. The van der Waals surface area contributed by atoms with Crippen LogP contribution in [0.25, 0.3) is 0 Å². The van der Waals surface area contributed by atoms with Gasteiger partial charge in [0, 0.05) is 19.1 Å². The highest BCUT2D eigenvalue weighted by Gasteiger charge is 2.36. The Morgan fingerprint density at radius 3 is 2.58 bits per heavy atom. The fourth-order valence-electron chi connectivity index (χ4n) is 3.69. The van der Waals surface area contributed by atoms with Crippen molar-refractivity contribution in [3.05, 3.63) is 53.2 Å². The molecule has 0 spiro atoms. The van der Waals surface area contributed by atoms with E-state index in [0.717, 1.165) is 37.4 Å². The molecule has 1 aliphatic rings. The summed E-state index contributed by atoms with van der Waals surface area (Å²) in [5, 5.41) is 11.5. The Bertz CT molecular complexity index is 1040. The van der Waals surface area contributed by atoms with E-state index in [1.807, 2.05) is 0 Å². The Morgan fingerprint density at radius 1 is 1.27 bits per heavy atom. The number of carboxylic acid groups (broad SMARTS) is 1. The number of ether oxygens (including phenoxy) is 1. The Morgan fingerprint density at radius 2 is 2.03 bits per heavy atom. The number of aromatic nitrogens is 1. The number of carbonyl (C=O) groups excluding carboxylic acids is 1. The monoisotopic (exact) mass is 484 g/mol. The summed E-state index contributed by atoms with van der Waals surface area (Å²) in [5.41, 5.74) is -1.00. The van der Waals surface area contributed by atoms with Gasteiger partial charge in [0.25, 0.3) is 0 Å². The zero-order chi connectivity index (χ0) is 24.2. The summed E-state index contributed by atoms with van der Waals surface area (Å²) in [7, 11) is -1.87. The maximum atomic E-state index is 13.6. The van der Waals surface area contributed by atoms with Gasteiger partial charge in [0.15, 0.2) is 0 Å². The average Bonchev–Trinajstić information content (AvgIpc) is 2.77. The quantitative estimate of drug-likeness (QED) is 0.610. The molecule has 7 nitrogen and oxygen atoms in total. The number of rotatable bonds is 7. The number of alkyl halides is 3. The van der Waals surface area contributed by atoms with Crippen molar-refractivity contribution in [2.45, 2.75) is 48.8 Å². The van der Waals surface area contributed by atoms with Crippen molar-refractivity contribution >= 4 is 28.5 Å². The highest BCUT2D eigenvalue weighted by Crippen LogP contribution is 2.37. The largest absolute Gasteiger partial charge is 0.478 e. The van der Waals surface area contributed by atoms with Crippen LogP contribution in [0, 0.1) is 0 Å². The molecule has 178 valence electrons. The van der Waals surface area contributed by atoms with Crippen LogP contribution in [-0.2, 0) is 26.5 Å². The summed E-state index contributed by atoms with van der Waals surface area (Å²) in [4.78, 5) is 27.6. The second-order valence-corrected chi connectivity index (χ2v) is 9.06. The van der Waals surface area contributed by atoms with Crippen LogP contribution in [0.15, 0.2) is 41.4 Å². The molecule has 1 saturated heterocycles. The van der Waals surface area contributed by atoms with Crippen molar-refractivity contribution in [3.8, 4) is 0 Å². The van der Waals surface area contributed by atoms with E-state index in [4.69, 9.17) is 9.84 Å². The number of hydrogen-bond acceptors (Lipinski definition) is 5. The van der Waals surface area contributed by atoms with Gasteiger partial charge in [0.2, 0.25) is 5.91 Å². The van der Waals surface area contributed by atoms with Crippen molar-refractivity contribution < 1.29 is 36.8 Å². The summed E-state index contributed by atoms with van der Waals surface area (Å²) in [5.74, 6) is -2.70. The lowest BCUT2D eigenvalue weighted by Crippen LogP contribution is -2.29. The van der Waals surface area contributed by atoms with Crippen molar-refractivity contribution in [1.29, 1.82) is 0 Å². The zero-order valence-electron chi connectivity index (χ0n) is 17.7. The first-order valence-electron chi connectivity index (χ1n) is 10.2. The molecular formula is C22H23F3N2O5S. The number of nitrogens with one attached hydrogen (secondary N) is 1. The van der Waals surface area contributed by atoms with Crippen molar-refractivity contribution in [2.75, 3.05) is 18.2 Å². The van der Waals surface area contributed by atoms with Crippen molar-refractivity contribution in [1.82, 2.24) is 4.98 Å². The molecular weight excluding hydrogens is 461 g/mol. The van der Waals surface area contributed by atoms with E-state index in [2.05, 4.69) is 10.3 Å². The lowest BCUT2D eigenvalue weighted by atomic mass is 9.89. The number of anilines is 1. The van der Waals surface area contributed by atoms with Crippen LogP contribution in [0.5, 0.6) is 0 Å². The second-order valence-electron chi connectivity index (χ2n) is 7.71. The summed E-state index contributed by atoms with van der Waals surface area (Å²) in [6.07, 6.45) is -0.203. The lowest BCUT2D eigenvalue weighted by molar-refractivity contribution is -0.140. The van der Waals surface area contributed by atoms with Gasteiger partial charge in [-0.3, -0.25) is 9.00 Å². The molecule has 3 atom stereocenters. The number of pyridine rings is 1. The van der Waals surface area contributed by atoms with E-state index in [0.29, 0.717) is 13.0 Å². The number of aromatic carboxylic acids is 1. The third kappa shape index (κ3) is 6.38. The first-order chi connectivity index (χ1) is 15.6. The first-order valence-corrected chi connectivity index (χ1v) is 11.8. The van der Waals surface area contributed by atoms with Gasteiger partial charge >= 0.3 is 12.1 Å². The minimum absolute atomic E-state index is 0.0712. The zero-order valence-corrected chi connectivity index (χ0v) is 18.5. The highest BCUT2D eigenvalue weighted by atomic mass is 32.2. The molecule has 1 aliphatic heterocycles. The molecule has 11 heteroatoms. The fraction of sp³-hybridized carbons (Fsp3) is 0.409. The van der Waals surface area contributed by atoms with Gasteiger partial charge in [-0.1, -0.05) is 6.07 Å². The topological polar surface area (TPSA) is 106 Å². The molecule has 3 rings (SSSR count). The number of hydrogen-bond donors (Lipinski definition) is 2. The average molecular weight is 484 g/mol. The number of nitrogens with zero attached hydrogens (tertiary/aromatic N) is 1. The van der Waals surface area contributed by atoms with Crippen molar-refractivity contribution in [3.63, 3.8) is 0 Å². The van der Waals surface area contributed by atoms with E-state index in [9.17, 15) is 27.0 Å². The maximum Gasteiger partial charge on any atom is 0.417 e. The van der Waals surface area contributed by atoms with Crippen LogP contribution >= 0.6 is 0 Å². The number of amides is 1. The molecule has 3 unspecified atom stereocenters. The van der Waals surface area contributed by atoms with Crippen LogP contribution in [-0.4, -0.2) is 45.1 Å². The Labute approximate surface area is 190 Å². The molecule has 33 heavy (non-hydrogen) atoms. The SMILES string of the molecule is CS(=O)c1ccc(C(CC2CCCCO2)C(=O)Nc2ccc(C(=O)O)cn2)cc1C(F)(F)F. The van der Waals surface area contributed by atoms with E-state index in [-0.39, 0.29) is 34.4 Å². The number of halogens is 3. The predicted octanol–water partition coefficient (Wildman–Crippen LogP) is 4.22. The van der Waals surface area contributed by atoms with E-state index >= 15 is 0 Å². The predicted molar refractivity (Wildman–Crippen MR) is 115 cm³/mol. The molecule has 0 bridgehead atoms. The first kappa shape index (κ1) is 24.8. The minimum atomic E-state index is -4.74. The molecule has 0 radical (unpaired) electrons. The Balaban J connectivity index is 1.94. The molecule has 2 aromatic rings. The van der Waals surface area contributed by atoms with Gasteiger partial charge in [0.05, 0.1) is 38.8 Å². The van der Waals surface area contributed by atoms with E-state index in [1.54, 1.807) is 0 Å². The number of carbonyl (C=O) groups is 2. The van der Waals surface area contributed by atoms with Crippen LogP contribution in [0.2, 0.25) is 0 Å². The summed E-state index contributed by atoms with van der Waals surface area (Å²) in [6, 6.07) is 5.94. The van der Waals surface area contributed by atoms with Crippen LogP contribution in [0.4, 0.5) is 19.0 Å². The lowest BCUT2D eigenvalue weighted by Gasteiger charge is -2.27. The molecule has 1 amide bonds. The van der Waals surface area contributed by atoms with Gasteiger partial charge in [-0.05, 0) is 55.5 Å². The summed E-state index contributed by atoms with van der Waals surface area (Å²) in [6.45, 7) is 0.513. The van der Waals surface area contributed by atoms with Gasteiger partial charge in [-0.2, -0.15) is 13.2 Å². The molecule has 1 fully saturated rings. The highest BCUT2D eigenvalue weighted by molar-refractivity contribution is 7.84. The fourth-order valence-corrected chi connectivity index (χ4v) is 4.44. The van der Waals surface area contributed by atoms with Crippen LogP contribution in [0.1, 0.15) is 53.1 Å². The van der Waals surface area contributed by atoms with E-state index < -0.39 is 40.3 Å². The van der Waals surface area contributed by atoms with Crippen LogP contribution in [0.3, 0.4) is 0 Å². The maximum absolute atomic E-state index is 13.6. The second kappa shape index (κ2) is 10.4. The third-order valence-corrected chi connectivity index (χ3v) is 6.35. The molecule has 1 aromatic carbocycles. The van der Waals surface area contributed by atoms with Crippen LogP contribution < -0.4 is 5.32 Å². The van der Waals surface area contributed by atoms with E-state index in [1.165, 1.54) is 18.2 Å². The normalized spacial score (nSPS) is 18.4. The number of benzene rings is 1. The molecule has 2 N–H and O–H groups in total. The minimum Gasteiger partial charge on any atom is -0.478 e. The van der Waals surface area contributed by atoms with Gasteiger partial charge in [-0.15, -0.1) is 0 Å². The Hall–Kier alpha value is -2.79. The van der Waals surface area contributed by atoms with Gasteiger partial charge in [-0.25, -0.2) is 9.78 Å². The molecule has 2 heterocycles.